The number of hydrogen-bond acceptors (Lipinski definition) is 5. The first-order valence-corrected chi connectivity index (χ1v) is 10.8. The maximum absolute atomic E-state index is 12.0. The molecule has 0 bridgehead atoms. The molecule has 144 valence electrons. The second-order valence-electron chi connectivity index (χ2n) is 5.40. The van der Waals surface area contributed by atoms with Crippen molar-refractivity contribution in [3.05, 3.63) is 66.2 Å². The fourth-order valence-electron chi connectivity index (χ4n) is 2.10. The van der Waals surface area contributed by atoms with Gasteiger partial charge in [-0.05, 0) is 17.7 Å². The third-order valence-electron chi connectivity index (χ3n) is 3.47. The van der Waals surface area contributed by atoms with Gasteiger partial charge < -0.3 is 5.73 Å². The Morgan fingerprint density at radius 3 is 1.96 bits per heavy atom. The standard InChI is InChI=1S/C16H21N3O4S2.ClH/c17-16(14-7-3-1-4-8-14)13-19-24(20,21)12-11-18-25(22,23)15-9-5-2-6-10-15;/h1-10,16,18-19H,11-13,17H2;1H. The Bertz CT molecular complexity index is 876. The minimum absolute atomic E-state index is 0. The van der Waals surface area contributed by atoms with Crippen molar-refractivity contribution in [2.75, 3.05) is 18.8 Å². The van der Waals surface area contributed by atoms with Gasteiger partial charge in [0.2, 0.25) is 20.0 Å². The Morgan fingerprint density at radius 1 is 0.846 bits per heavy atom. The molecule has 0 radical (unpaired) electrons. The predicted molar refractivity (Wildman–Crippen MR) is 104 cm³/mol. The van der Waals surface area contributed by atoms with Crippen LogP contribution in [-0.4, -0.2) is 35.7 Å². The normalized spacial score (nSPS) is 13.0. The van der Waals surface area contributed by atoms with E-state index in [0.717, 1.165) is 5.56 Å². The van der Waals surface area contributed by atoms with Crippen LogP contribution in [0.5, 0.6) is 0 Å². The van der Waals surface area contributed by atoms with Crippen LogP contribution in [0.2, 0.25) is 0 Å². The molecule has 0 aromatic heterocycles. The molecule has 0 aliphatic heterocycles. The van der Waals surface area contributed by atoms with Crippen LogP contribution in [0.3, 0.4) is 0 Å². The van der Waals surface area contributed by atoms with E-state index in [1.165, 1.54) is 12.1 Å². The monoisotopic (exact) mass is 419 g/mol. The van der Waals surface area contributed by atoms with Crippen molar-refractivity contribution in [1.29, 1.82) is 0 Å². The van der Waals surface area contributed by atoms with Crippen molar-refractivity contribution in [2.24, 2.45) is 5.73 Å². The van der Waals surface area contributed by atoms with Gasteiger partial charge in [-0.15, -0.1) is 12.4 Å². The molecule has 0 amide bonds. The summed E-state index contributed by atoms with van der Waals surface area (Å²) in [6.45, 7) is -0.190. The maximum atomic E-state index is 12.0. The van der Waals surface area contributed by atoms with Gasteiger partial charge in [0.05, 0.1) is 10.6 Å². The van der Waals surface area contributed by atoms with Gasteiger partial charge in [0.25, 0.3) is 0 Å². The first kappa shape index (κ1) is 22.6. The molecule has 0 saturated carbocycles. The summed E-state index contributed by atoms with van der Waals surface area (Å²) in [6, 6.07) is 16.4. The molecule has 0 saturated heterocycles. The molecule has 0 fully saturated rings. The quantitative estimate of drug-likeness (QED) is 0.560. The third kappa shape index (κ3) is 7.02. The number of nitrogens with one attached hydrogen (secondary N) is 2. The van der Waals surface area contributed by atoms with Gasteiger partial charge in [-0.2, -0.15) is 0 Å². The highest BCUT2D eigenvalue weighted by atomic mass is 35.5. The van der Waals surface area contributed by atoms with Crippen LogP contribution in [0.1, 0.15) is 11.6 Å². The Labute approximate surface area is 160 Å². The number of halogens is 1. The summed E-state index contributed by atoms with van der Waals surface area (Å²) < 4.78 is 52.7. The lowest BCUT2D eigenvalue weighted by Crippen LogP contribution is -2.37. The minimum Gasteiger partial charge on any atom is -0.323 e. The van der Waals surface area contributed by atoms with Gasteiger partial charge in [-0.25, -0.2) is 26.3 Å². The van der Waals surface area contributed by atoms with E-state index < -0.39 is 26.1 Å². The predicted octanol–water partition coefficient (Wildman–Crippen LogP) is 1.01. The first-order chi connectivity index (χ1) is 11.8. The molecule has 1 unspecified atom stereocenters. The summed E-state index contributed by atoms with van der Waals surface area (Å²) in [5, 5.41) is 0. The highest BCUT2D eigenvalue weighted by Gasteiger charge is 2.17. The van der Waals surface area contributed by atoms with E-state index in [-0.39, 0.29) is 36.1 Å². The number of sulfonamides is 2. The third-order valence-corrected chi connectivity index (χ3v) is 6.29. The van der Waals surface area contributed by atoms with Crippen LogP contribution < -0.4 is 15.2 Å². The second kappa shape index (κ2) is 10.0. The molecule has 2 aromatic carbocycles. The lowest BCUT2D eigenvalue weighted by molar-refractivity contribution is 0.568. The van der Waals surface area contributed by atoms with E-state index in [1.807, 2.05) is 30.3 Å². The SMILES string of the molecule is Cl.NC(CNS(=O)(=O)CCNS(=O)(=O)c1ccccc1)c1ccccc1. The van der Waals surface area contributed by atoms with E-state index in [9.17, 15) is 16.8 Å². The van der Waals surface area contributed by atoms with Crippen LogP contribution in [0.25, 0.3) is 0 Å². The summed E-state index contributed by atoms with van der Waals surface area (Å²) in [7, 11) is -7.37. The molecule has 2 aromatic rings. The van der Waals surface area contributed by atoms with Crippen molar-refractivity contribution >= 4 is 32.5 Å². The average molecular weight is 420 g/mol. The fourth-order valence-corrected chi connectivity index (χ4v) is 4.23. The molecule has 0 aliphatic carbocycles. The Balaban J connectivity index is 0.00000338. The van der Waals surface area contributed by atoms with Gasteiger partial charge >= 0.3 is 0 Å². The molecule has 7 nitrogen and oxygen atoms in total. The van der Waals surface area contributed by atoms with E-state index in [2.05, 4.69) is 9.44 Å². The molecule has 2 rings (SSSR count). The zero-order chi connectivity index (χ0) is 18.3. The maximum Gasteiger partial charge on any atom is 0.240 e. The molecule has 0 aliphatic rings. The Kier molecular flexibility index (Phi) is 8.68. The lowest BCUT2D eigenvalue weighted by atomic mass is 10.1. The molecular weight excluding hydrogens is 398 g/mol. The summed E-state index contributed by atoms with van der Waals surface area (Å²) in [5.41, 5.74) is 6.75. The molecular formula is C16H22ClN3O4S2. The number of benzene rings is 2. The topological polar surface area (TPSA) is 118 Å². The highest BCUT2D eigenvalue weighted by Crippen LogP contribution is 2.09. The lowest BCUT2D eigenvalue weighted by Gasteiger charge is -2.13. The zero-order valence-corrected chi connectivity index (χ0v) is 16.4. The Hall–Kier alpha value is -1.49. The van der Waals surface area contributed by atoms with Gasteiger partial charge in [-0.1, -0.05) is 48.5 Å². The molecule has 10 heteroatoms. The van der Waals surface area contributed by atoms with Crippen LogP contribution in [0, 0.1) is 0 Å². The van der Waals surface area contributed by atoms with Gasteiger partial charge in [0.15, 0.2) is 0 Å². The van der Waals surface area contributed by atoms with E-state index >= 15 is 0 Å². The van der Waals surface area contributed by atoms with Crippen LogP contribution in [-0.2, 0) is 20.0 Å². The second-order valence-corrected chi connectivity index (χ2v) is 9.09. The molecule has 4 N–H and O–H groups in total. The zero-order valence-electron chi connectivity index (χ0n) is 13.9. The number of rotatable bonds is 9. The van der Waals surface area contributed by atoms with Crippen LogP contribution in [0.15, 0.2) is 65.6 Å². The molecule has 26 heavy (non-hydrogen) atoms. The molecule has 0 spiro atoms. The van der Waals surface area contributed by atoms with Crippen LogP contribution in [0.4, 0.5) is 0 Å². The van der Waals surface area contributed by atoms with Crippen molar-refractivity contribution < 1.29 is 16.8 Å². The number of hydrogen-bond donors (Lipinski definition) is 3. The van der Waals surface area contributed by atoms with E-state index in [4.69, 9.17) is 5.73 Å². The number of nitrogens with two attached hydrogens (primary N) is 1. The molecule has 1 atom stereocenters. The van der Waals surface area contributed by atoms with Crippen molar-refractivity contribution in [2.45, 2.75) is 10.9 Å². The van der Waals surface area contributed by atoms with Crippen LogP contribution >= 0.6 is 12.4 Å². The summed E-state index contributed by atoms with van der Waals surface area (Å²) in [5.74, 6) is -0.374. The van der Waals surface area contributed by atoms with E-state index in [0.29, 0.717) is 0 Å². The average Bonchev–Trinajstić information content (AvgIpc) is 2.61. The highest BCUT2D eigenvalue weighted by molar-refractivity contribution is 7.90. The Morgan fingerprint density at radius 2 is 1.38 bits per heavy atom. The van der Waals surface area contributed by atoms with Crippen molar-refractivity contribution in [3.63, 3.8) is 0 Å². The van der Waals surface area contributed by atoms with Gasteiger partial charge in [0, 0.05) is 19.1 Å². The van der Waals surface area contributed by atoms with Gasteiger partial charge in [0.1, 0.15) is 0 Å². The van der Waals surface area contributed by atoms with Crippen molar-refractivity contribution in [1.82, 2.24) is 9.44 Å². The first-order valence-electron chi connectivity index (χ1n) is 7.63. The summed E-state index contributed by atoms with van der Waals surface area (Å²) in [4.78, 5) is 0.0893. The summed E-state index contributed by atoms with van der Waals surface area (Å²) in [6.07, 6.45) is 0. The molecule has 0 heterocycles. The summed E-state index contributed by atoms with van der Waals surface area (Å²) >= 11 is 0. The minimum atomic E-state index is -3.72. The van der Waals surface area contributed by atoms with Gasteiger partial charge in [-0.3, -0.25) is 0 Å². The fraction of sp³-hybridized carbons (Fsp3) is 0.250. The van der Waals surface area contributed by atoms with Crippen molar-refractivity contribution in [3.8, 4) is 0 Å². The largest absolute Gasteiger partial charge is 0.323 e. The van der Waals surface area contributed by atoms with E-state index in [1.54, 1.807) is 18.2 Å². The smallest absolute Gasteiger partial charge is 0.240 e.